The summed E-state index contributed by atoms with van der Waals surface area (Å²) in [7, 11) is 0. The molecular formula is C14H21N. The summed E-state index contributed by atoms with van der Waals surface area (Å²) in [6.45, 7) is 8.03. The Kier molecular flexibility index (Phi) is 2.72. The molecule has 1 N–H and O–H groups in total. The number of anilines is 1. The van der Waals surface area contributed by atoms with E-state index in [1.165, 1.54) is 29.7 Å². The Balaban J connectivity index is 2.46. The van der Waals surface area contributed by atoms with Crippen molar-refractivity contribution in [1.82, 2.24) is 0 Å². The smallest absolute Gasteiger partial charge is 0.0380 e. The molecule has 0 spiro atoms. The molecule has 82 valence electrons. The topological polar surface area (TPSA) is 12.0 Å². The van der Waals surface area contributed by atoms with E-state index in [4.69, 9.17) is 0 Å². The fourth-order valence-corrected chi connectivity index (χ4v) is 2.44. The summed E-state index contributed by atoms with van der Waals surface area (Å²) < 4.78 is 0. The average molecular weight is 203 g/mol. The van der Waals surface area contributed by atoms with E-state index in [1.54, 1.807) is 0 Å². The van der Waals surface area contributed by atoms with Gasteiger partial charge in [-0.25, -0.2) is 0 Å². The lowest BCUT2D eigenvalue weighted by molar-refractivity contribution is 0.478. The van der Waals surface area contributed by atoms with Crippen molar-refractivity contribution in [2.24, 2.45) is 0 Å². The predicted octanol–water partition coefficient (Wildman–Crippen LogP) is 3.73. The van der Waals surface area contributed by atoms with E-state index in [1.807, 2.05) is 0 Å². The van der Waals surface area contributed by atoms with Crippen LogP contribution >= 0.6 is 0 Å². The van der Waals surface area contributed by atoms with Crippen molar-refractivity contribution in [3.8, 4) is 0 Å². The molecule has 0 amide bonds. The minimum absolute atomic E-state index is 0.325. The SMILES string of the molecule is CCc1ccc2c(c1)NCCCC2(C)C. The number of hydrogen-bond donors (Lipinski definition) is 1. The standard InChI is InChI=1S/C14H21N/c1-4-11-6-7-12-13(10-11)15-9-5-8-14(12,2)3/h6-7,10,15H,4-5,8-9H2,1-3H3. The van der Waals surface area contributed by atoms with Crippen LogP contribution in [0.1, 0.15) is 44.7 Å². The molecule has 1 aromatic rings. The number of hydrogen-bond acceptors (Lipinski definition) is 1. The quantitative estimate of drug-likeness (QED) is 0.733. The molecule has 0 saturated carbocycles. The lowest BCUT2D eigenvalue weighted by Crippen LogP contribution is -2.16. The molecule has 15 heavy (non-hydrogen) atoms. The van der Waals surface area contributed by atoms with Crippen LogP contribution in [0.4, 0.5) is 5.69 Å². The molecule has 1 aliphatic heterocycles. The van der Waals surface area contributed by atoms with Gasteiger partial charge in [0.15, 0.2) is 0 Å². The average Bonchev–Trinajstić information content (AvgIpc) is 2.37. The third-order valence-electron chi connectivity index (χ3n) is 3.52. The first kappa shape index (κ1) is 10.5. The highest BCUT2D eigenvalue weighted by atomic mass is 14.9. The fraction of sp³-hybridized carbons (Fsp3) is 0.571. The molecule has 0 saturated heterocycles. The maximum Gasteiger partial charge on any atom is 0.0380 e. The summed E-state index contributed by atoms with van der Waals surface area (Å²) in [5.41, 5.74) is 4.60. The molecule has 0 aromatic heterocycles. The molecule has 1 aromatic carbocycles. The van der Waals surface area contributed by atoms with Crippen LogP contribution < -0.4 is 5.32 Å². The third kappa shape index (κ3) is 2.01. The molecule has 0 fully saturated rings. The zero-order chi connectivity index (χ0) is 10.9. The van der Waals surface area contributed by atoms with Crippen LogP contribution in [-0.2, 0) is 11.8 Å². The van der Waals surface area contributed by atoms with Crippen LogP contribution in [0.2, 0.25) is 0 Å². The van der Waals surface area contributed by atoms with Crippen molar-refractivity contribution >= 4 is 5.69 Å². The van der Waals surface area contributed by atoms with Gasteiger partial charge >= 0.3 is 0 Å². The molecule has 0 atom stereocenters. The second-order valence-corrected chi connectivity index (χ2v) is 5.15. The van der Waals surface area contributed by atoms with Crippen molar-refractivity contribution in [1.29, 1.82) is 0 Å². The van der Waals surface area contributed by atoms with Gasteiger partial charge in [-0.05, 0) is 41.9 Å². The monoisotopic (exact) mass is 203 g/mol. The fourth-order valence-electron chi connectivity index (χ4n) is 2.44. The number of rotatable bonds is 1. The highest BCUT2D eigenvalue weighted by Gasteiger charge is 2.25. The number of fused-ring (bicyclic) bond motifs is 1. The molecule has 1 heterocycles. The van der Waals surface area contributed by atoms with Gasteiger partial charge in [0, 0.05) is 12.2 Å². The number of aryl methyl sites for hydroxylation is 1. The van der Waals surface area contributed by atoms with Gasteiger partial charge in [0.25, 0.3) is 0 Å². The number of benzene rings is 1. The van der Waals surface area contributed by atoms with Crippen LogP contribution in [0.3, 0.4) is 0 Å². The van der Waals surface area contributed by atoms with Crippen LogP contribution in [0.15, 0.2) is 18.2 Å². The Bertz CT molecular complexity index is 352. The van der Waals surface area contributed by atoms with E-state index in [0.29, 0.717) is 5.41 Å². The molecule has 1 nitrogen and oxygen atoms in total. The Morgan fingerprint density at radius 3 is 2.87 bits per heavy atom. The summed E-state index contributed by atoms with van der Waals surface area (Å²) in [5, 5.41) is 3.56. The van der Waals surface area contributed by atoms with Crippen molar-refractivity contribution in [2.45, 2.75) is 45.4 Å². The first-order valence-electron chi connectivity index (χ1n) is 6.01. The predicted molar refractivity (Wildman–Crippen MR) is 66.6 cm³/mol. The largest absolute Gasteiger partial charge is 0.385 e. The minimum Gasteiger partial charge on any atom is -0.385 e. The first-order chi connectivity index (χ1) is 7.13. The van der Waals surface area contributed by atoms with Gasteiger partial charge in [0.1, 0.15) is 0 Å². The molecule has 1 heteroatoms. The van der Waals surface area contributed by atoms with Crippen molar-refractivity contribution in [2.75, 3.05) is 11.9 Å². The van der Waals surface area contributed by atoms with Crippen LogP contribution in [0, 0.1) is 0 Å². The second-order valence-electron chi connectivity index (χ2n) is 5.15. The zero-order valence-electron chi connectivity index (χ0n) is 10.1. The normalized spacial score (nSPS) is 18.9. The minimum atomic E-state index is 0.325. The van der Waals surface area contributed by atoms with E-state index in [0.717, 1.165) is 13.0 Å². The van der Waals surface area contributed by atoms with Crippen LogP contribution in [0.25, 0.3) is 0 Å². The summed E-state index contributed by atoms with van der Waals surface area (Å²) in [6, 6.07) is 6.91. The molecule has 2 rings (SSSR count). The van der Waals surface area contributed by atoms with Gasteiger partial charge in [0.2, 0.25) is 0 Å². The Labute approximate surface area is 92.9 Å². The van der Waals surface area contributed by atoms with Gasteiger partial charge < -0.3 is 5.32 Å². The molecule has 0 bridgehead atoms. The van der Waals surface area contributed by atoms with E-state index >= 15 is 0 Å². The number of nitrogens with one attached hydrogen (secondary N) is 1. The van der Waals surface area contributed by atoms with E-state index in [9.17, 15) is 0 Å². The Morgan fingerprint density at radius 1 is 1.33 bits per heavy atom. The van der Waals surface area contributed by atoms with Gasteiger partial charge in [-0.15, -0.1) is 0 Å². The zero-order valence-corrected chi connectivity index (χ0v) is 10.1. The molecule has 0 radical (unpaired) electrons. The van der Waals surface area contributed by atoms with E-state index < -0.39 is 0 Å². The van der Waals surface area contributed by atoms with Crippen molar-refractivity contribution in [3.63, 3.8) is 0 Å². The maximum atomic E-state index is 3.56. The van der Waals surface area contributed by atoms with Crippen LogP contribution in [0.5, 0.6) is 0 Å². The van der Waals surface area contributed by atoms with Gasteiger partial charge in [-0.3, -0.25) is 0 Å². The second kappa shape index (κ2) is 3.88. The molecule has 0 aliphatic carbocycles. The van der Waals surface area contributed by atoms with E-state index in [-0.39, 0.29) is 0 Å². The summed E-state index contributed by atoms with van der Waals surface area (Å²) in [4.78, 5) is 0. The summed E-state index contributed by atoms with van der Waals surface area (Å²) in [5.74, 6) is 0. The molecular weight excluding hydrogens is 182 g/mol. The van der Waals surface area contributed by atoms with Crippen LogP contribution in [-0.4, -0.2) is 6.54 Å². The van der Waals surface area contributed by atoms with Crippen molar-refractivity contribution in [3.05, 3.63) is 29.3 Å². The lowest BCUT2D eigenvalue weighted by atomic mass is 9.80. The highest BCUT2D eigenvalue weighted by molar-refractivity contribution is 5.57. The Morgan fingerprint density at radius 2 is 2.13 bits per heavy atom. The summed E-state index contributed by atoms with van der Waals surface area (Å²) in [6.07, 6.45) is 3.66. The third-order valence-corrected chi connectivity index (χ3v) is 3.52. The first-order valence-corrected chi connectivity index (χ1v) is 6.01. The molecule has 0 unspecified atom stereocenters. The Hall–Kier alpha value is -0.980. The maximum absolute atomic E-state index is 3.56. The van der Waals surface area contributed by atoms with Crippen molar-refractivity contribution < 1.29 is 0 Å². The van der Waals surface area contributed by atoms with Gasteiger partial charge in [0.05, 0.1) is 0 Å². The van der Waals surface area contributed by atoms with Gasteiger partial charge in [-0.1, -0.05) is 32.9 Å². The molecule has 1 aliphatic rings. The summed E-state index contributed by atoms with van der Waals surface area (Å²) >= 11 is 0. The highest BCUT2D eigenvalue weighted by Crippen LogP contribution is 2.36. The van der Waals surface area contributed by atoms with Gasteiger partial charge in [-0.2, -0.15) is 0 Å². The van der Waals surface area contributed by atoms with E-state index in [2.05, 4.69) is 44.3 Å². The lowest BCUT2D eigenvalue weighted by Gasteiger charge is -2.25.